The normalized spacial score (nSPS) is 13.1. The van der Waals surface area contributed by atoms with Crippen molar-refractivity contribution in [3.63, 3.8) is 0 Å². The predicted octanol–water partition coefficient (Wildman–Crippen LogP) is 4.64. The van der Waals surface area contributed by atoms with Crippen LogP contribution in [0.5, 0.6) is 0 Å². The third kappa shape index (κ3) is 4.48. The second kappa shape index (κ2) is 7.42. The van der Waals surface area contributed by atoms with Crippen LogP contribution in [0.15, 0.2) is 48.5 Å². The highest BCUT2D eigenvalue weighted by Crippen LogP contribution is 2.29. The monoisotopic (exact) mass is 375 g/mol. The molecule has 0 saturated heterocycles. The summed E-state index contributed by atoms with van der Waals surface area (Å²) in [5.74, 6) is 0.475. The Kier molecular flexibility index (Phi) is 5.21. The average Bonchev–Trinajstić information content (AvgIpc) is 3.02. The Morgan fingerprint density at radius 2 is 1.78 bits per heavy atom. The van der Waals surface area contributed by atoms with E-state index in [4.69, 9.17) is 0 Å². The van der Waals surface area contributed by atoms with Gasteiger partial charge in [0, 0.05) is 0 Å². The van der Waals surface area contributed by atoms with Crippen molar-refractivity contribution in [3.8, 4) is 0 Å². The zero-order valence-corrected chi connectivity index (χ0v) is 15.0. The molecule has 2 aromatic carbocycles. The van der Waals surface area contributed by atoms with Crippen LogP contribution in [0.1, 0.15) is 36.8 Å². The number of hydrogen-bond donors (Lipinski definition) is 2. The Balaban J connectivity index is 1.72. The molecule has 0 spiro atoms. The number of H-pyrrole nitrogens is 1. The molecule has 3 rings (SSSR count). The van der Waals surface area contributed by atoms with Crippen LogP contribution in [0.2, 0.25) is 0 Å². The molecule has 1 atom stereocenters. The van der Waals surface area contributed by atoms with Crippen LogP contribution in [0.4, 0.5) is 13.2 Å². The first-order valence-corrected chi connectivity index (χ1v) is 8.64. The van der Waals surface area contributed by atoms with E-state index < -0.39 is 11.7 Å². The van der Waals surface area contributed by atoms with Gasteiger partial charge in [-0.1, -0.05) is 38.1 Å². The van der Waals surface area contributed by atoms with E-state index >= 15 is 0 Å². The molecule has 1 heterocycles. The van der Waals surface area contributed by atoms with Gasteiger partial charge in [-0.3, -0.25) is 4.79 Å². The molecule has 0 bridgehead atoms. The van der Waals surface area contributed by atoms with Crippen molar-refractivity contribution in [2.24, 2.45) is 5.92 Å². The van der Waals surface area contributed by atoms with Crippen molar-refractivity contribution < 1.29 is 18.0 Å². The smallest absolute Gasteiger partial charge is 0.346 e. The van der Waals surface area contributed by atoms with E-state index in [1.54, 1.807) is 0 Å². The van der Waals surface area contributed by atoms with Crippen LogP contribution < -0.4 is 5.32 Å². The lowest BCUT2D eigenvalue weighted by Gasteiger charge is -2.20. The highest BCUT2D eigenvalue weighted by Gasteiger charge is 2.30. The third-order valence-electron chi connectivity index (χ3n) is 4.33. The number of halogens is 3. The van der Waals surface area contributed by atoms with Gasteiger partial charge >= 0.3 is 6.18 Å². The van der Waals surface area contributed by atoms with Crippen molar-refractivity contribution in [1.29, 1.82) is 0 Å². The first kappa shape index (κ1) is 18.9. The maximum Gasteiger partial charge on any atom is 0.416 e. The Hall–Kier alpha value is -2.83. The Bertz CT molecular complexity index is 897. The van der Waals surface area contributed by atoms with Crippen LogP contribution >= 0.6 is 0 Å². The Labute approximate surface area is 154 Å². The summed E-state index contributed by atoms with van der Waals surface area (Å²) in [4.78, 5) is 20.2. The fraction of sp³-hybridized carbons (Fsp3) is 0.300. The molecule has 0 aliphatic carbocycles. The molecule has 0 unspecified atom stereocenters. The number of hydrogen-bond acceptors (Lipinski definition) is 2. The minimum Gasteiger partial charge on any atom is -0.346 e. The predicted molar refractivity (Wildman–Crippen MR) is 97.0 cm³/mol. The first-order valence-electron chi connectivity index (χ1n) is 8.64. The number of fused-ring (bicyclic) bond motifs is 1. The topological polar surface area (TPSA) is 57.8 Å². The van der Waals surface area contributed by atoms with Gasteiger partial charge in [0.2, 0.25) is 5.91 Å². The number of carbonyl (C=O) groups excluding carboxylic acids is 1. The number of alkyl halides is 3. The molecule has 27 heavy (non-hydrogen) atoms. The standard InChI is InChI=1S/C20H20F3N3O/c1-12(2)18(19-24-15-5-3-4-6-16(15)25-19)26-17(27)11-13-7-9-14(10-8-13)20(21,22)23/h3-10,12,18H,11H2,1-2H3,(H,24,25)(H,26,27)/t18-/m0/s1. The number of amides is 1. The SMILES string of the molecule is CC(C)[C@H](NC(=O)Cc1ccc(C(F)(F)F)cc1)c1nc2ccccc2[nH]1. The number of aromatic amines is 1. The second-order valence-corrected chi connectivity index (χ2v) is 6.80. The van der Waals surface area contributed by atoms with E-state index in [0.29, 0.717) is 11.4 Å². The van der Waals surface area contributed by atoms with Gasteiger partial charge in [0.1, 0.15) is 5.82 Å². The van der Waals surface area contributed by atoms with E-state index in [1.807, 2.05) is 38.1 Å². The van der Waals surface area contributed by atoms with Crippen molar-refractivity contribution in [1.82, 2.24) is 15.3 Å². The van der Waals surface area contributed by atoms with Crippen molar-refractivity contribution in [3.05, 3.63) is 65.5 Å². The van der Waals surface area contributed by atoms with Crippen LogP contribution in [-0.2, 0) is 17.4 Å². The van der Waals surface area contributed by atoms with Gasteiger partial charge in [0.15, 0.2) is 0 Å². The molecule has 0 aliphatic rings. The summed E-state index contributed by atoms with van der Waals surface area (Å²) in [6.07, 6.45) is -4.38. The van der Waals surface area contributed by atoms with Crippen LogP contribution in [0, 0.1) is 5.92 Å². The molecule has 1 aromatic heterocycles. The van der Waals surface area contributed by atoms with Gasteiger partial charge in [0.25, 0.3) is 0 Å². The van der Waals surface area contributed by atoms with E-state index in [0.717, 1.165) is 23.2 Å². The van der Waals surface area contributed by atoms with E-state index in [-0.39, 0.29) is 24.3 Å². The fourth-order valence-corrected chi connectivity index (χ4v) is 2.89. The largest absolute Gasteiger partial charge is 0.416 e. The quantitative estimate of drug-likeness (QED) is 0.683. The van der Waals surface area contributed by atoms with Gasteiger partial charge in [0.05, 0.1) is 29.1 Å². The number of imidazole rings is 1. The van der Waals surface area contributed by atoms with Gasteiger partial charge in [-0.2, -0.15) is 13.2 Å². The summed E-state index contributed by atoms with van der Waals surface area (Å²) in [7, 11) is 0. The van der Waals surface area contributed by atoms with Gasteiger partial charge < -0.3 is 10.3 Å². The lowest BCUT2D eigenvalue weighted by molar-refractivity contribution is -0.137. The molecule has 3 aromatic rings. The van der Waals surface area contributed by atoms with E-state index in [1.165, 1.54) is 12.1 Å². The summed E-state index contributed by atoms with van der Waals surface area (Å²) in [6, 6.07) is 11.9. The molecule has 142 valence electrons. The number of nitrogens with one attached hydrogen (secondary N) is 2. The first-order chi connectivity index (χ1) is 12.7. The van der Waals surface area contributed by atoms with Crippen molar-refractivity contribution in [2.75, 3.05) is 0 Å². The zero-order chi connectivity index (χ0) is 19.6. The number of nitrogens with zero attached hydrogens (tertiary/aromatic N) is 1. The number of benzene rings is 2. The zero-order valence-electron chi connectivity index (χ0n) is 15.0. The lowest BCUT2D eigenvalue weighted by atomic mass is 10.0. The van der Waals surface area contributed by atoms with E-state index in [2.05, 4.69) is 15.3 Å². The summed E-state index contributed by atoms with van der Waals surface area (Å²) in [5, 5.41) is 2.93. The summed E-state index contributed by atoms with van der Waals surface area (Å²) < 4.78 is 37.9. The summed E-state index contributed by atoms with van der Waals surface area (Å²) in [5.41, 5.74) is 1.49. The van der Waals surface area contributed by atoms with Crippen molar-refractivity contribution >= 4 is 16.9 Å². The molecule has 0 radical (unpaired) electrons. The van der Waals surface area contributed by atoms with Crippen molar-refractivity contribution in [2.45, 2.75) is 32.5 Å². The lowest BCUT2D eigenvalue weighted by Crippen LogP contribution is -2.33. The van der Waals surface area contributed by atoms with Gasteiger partial charge in [-0.15, -0.1) is 0 Å². The van der Waals surface area contributed by atoms with E-state index in [9.17, 15) is 18.0 Å². The Morgan fingerprint density at radius 1 is 1.11 bits per heavy atom. The summed E-state index contributed by atoms with van der Waals surface area (Å²) >= 11 is 0. The molecule has 0 fully saturated rings. The molecular weight excluding hydrogens is 355 g/mol. The third-order valence-corrected chi connectivity index (χ3v) is 4.33. The highest BCUT2D eigenvalue weighted by molar-refractivity contribution is 5.79. The number of rotatable bonds is 5. The average molecular weight is 375 g/mol. The maximum absolute atomic E-state index is 12.6. The second-order valence-electron chi connectivity index (χ2n) is 6.80. The molecule has 4 nitrogen and oxygen atoms in total. The van der Waals surface area contributed by atoms with Crippen LogP contribution in [0.25, 0.3) is 11.0 Å². The molecule has 0 saturated carbocycles. The van der Waals surface area contributed by atoms with Gasteiger partial charge in [-0.05, 0) is 35.7 Å². The minimum atomic E-state index is -4.38. The molecule has 1 amide bonds. The van der Waals surface area contributed by atoms with Crippen LogP contribution in [0.3, 0.4) is 0 Å². The summed E-state index contributed by atoms with van der Waals surface area (Å²) in [6.45, 7) is 3.94. The Morgan fingerprint density at radius 3 is 2.37 bits per heavy atom. The molecule has 0 aliphatic heterocycles. The number of para-hydroxylation sites is 2. The molecule has 2 N–H and O–H groups in total. The highest BCUT2D eigenvalue weighted by atomic mass is 19.4. The molecular formula is C20H20F3N3O. The number of carbonyl (C=O) groups is 1. The van der Waals surface area contributed by atoms with Crippen LogP contribution in [-0.4, -0.2) is 15.9 Å². The number of aromatic nitrogens is 2. The maximum atomic E-state index is 12.6. The molecule has 7 heteroatoms. The van der Waals surface area contributed by atoms with Gasteiger partial charge in [-0.25, -0.2) is 4.98 Å². The fourth-order valence-electron chi connectivity index (χ4n) is 2.89. The minimum absolute atomic E-state index is 0.00157.